The lowest BCUT2D eigenvalue weighted by Gasteiger charge is -2.19. The number of aromatic nitrogens is 1. The molecular weight excluding hydrogens is 236 g/mol. The fourth-order valence-corrected chi connectivity index (χ4v) is 1.90. The molecule has 0 amide bonds. The second-order valence-corrected chi connectivity index (χ2v) is 5.28. The summed E-state index contributed by atoms with van der Waals surface area (Å²) < 4.78 is 0. The molecule has 108 valence electrons. The van der Waals surface area contributed by atoms with E-state index in [1.165, 1.54) is 12.0 Å². The number of nitrogens with zero attached hydrogens (tertiary/aromatic N) is 3. The minimum absolute atomic E-state index is 0.908. The maximum absolute atomic E-state index is 4.53. The third-order valence-corrected chi connectivity index (χ3v) is 3.05. The van der Waals surface area contributed by atoms with Crippen LogP contribution in [-0.4, -0.2) is 50.7 Å². The first kappa shape index (κ1) is 15.9. The SMILES string of the molecule is CCCNCc1ccc(N(C)CCCN(C)C)nc1. The normalized spacial score (nSPS) is 11.0. The second kappa shape index (κ2) is 8.88. The van der Waals surface area contributed by atoms with Gasteiger partial charge in [-0.15, -0.1) is 0 Å². The maximum Gasteiger partial charge on any atom is 0.128 e. The quantitative estimate of drug-likeness (QED) is 0.691. The topological polar surface area (TPSA) is 31.4 Å². The molecule has 4 heteroatoms. The highest BCUT2D eigenvalue weighted by atomic mass is 15.2. The van der Waals surface area contributed by atoms with E-state index in [4.69, 9.17) is 0 Å². The van der Waals surface area contributed by atoms with Gasteiger partial charge in [0.2, 0.25) is 0 Å². The largest absolute Gasteiger partial charge is 0.360 e. The Hall–Kier alpha value is -1.13. The molecule has 0 saturated carbocycles. The van der Waals surface area contributed by atoms with Gasteiger partial charge in [0.25, 0.3) is 0 Å². The van der Waals surface area contributed by atoms with Crippen LogP contribution in [0.2, 0.25) is 0 Å². The molecule has 19 heavy (non-hydrogen) atoms. The van der Waals surface area contributed by atoms with Gasteiger partial charge in [0.1, 0.15) is 5.82 Å². The lowest BCUT2D eigenvalue weighted by atomic mass is 10.2. The molecule has 4 nitrogen and oxygen atoms in total. The molecule has 0 aliphatic heterocycles. The van der Waals surface area contributed by atoms with Gasteiger partial charge in [-0.3, -0.25) is 0 Å². The van der Waals surface area contributed by atoms with Crippen LogP contribution in [0.3, 0.4) is 0 Å². The molecule has 0 spiro atoms. The Morgan fingerprint density at radius 2 is 1.95 bits per heavy atom. The van der Waals surface area contributed by atoms with Crippen molar-refractivity contribution in [1.82, 2.24) is 15.2 Å². The minimum Gasteiger partial charge on any atom is -0.360 e. The van der Waals surface area contributed by atoms with Gasteiger partial charge in [-0.1, -0.05) is 13.0 Å². The lowest BCUT2D eigenvalue weighted by Crippen LogP contribution is -2.24. The van der Waals surface area contributed by atoms with E-state index in [1.807, 2.05) is 6.20 Å². The zero-order chi connectivity index (χ0) is 14.1. The molecule has 0 aliphatic rings. The maximum atomic E-state index is 4.53. The van der Waals surface area contributed by atoms with Crippen LogP contribution in [0.25, 0.3) is 0 Å². The molecule has 0 aliphatic carbocycles. The van der Waals surface area contributed by atoms with Crippen LogP contribution in [0.15, 0.2) is 18.3 Å². The number of rotatable bonds is 9. The van der Waals surface area contributed by atoms with Crippen molar-refractivity contribution in [2.75, 3.05) is 45.7 Å². The van der Waals surface area contributed by atoms with Crippen molar-refractivity contribution in [3.8, 4) is 0 Å². The van der Waals surface area contributed by atoms with Gasteiger partial charge in [0.15, 0.2) is 0 Å². The van der Waals surface area contributed by atoms with Crippen LogP contribution in [0.5, 0.6) is 0 Å². The first-order valence-electron chi connectivity index (χ1n) is 7.15. The molecule has 0 aromatic carbocycles. The van der Waals surface area contributed by atoms with Crippen LogP contribution < -0.4 is 10.2 Å². The monoisotopic (exact) mass is 264 g/mol. The summed E-state index contributed by atoms with van der Waals surface area (Å²) in [6, 6.07) is 4.27. The van der Waals surface area contributed by atoms with E-state index in [2.05, 4.69) is 60.3 Å². The molecule has 1 rings (SSSR count). The van der Waals surface area contributed by atoms with Gasteiger partial charge in [-0.05, 0) is 51.7 Å². The highest BCUT2D eigenvalue weighted by Crippen LogP contribution is 2.10. The first-order chi connectivity index (χ1) is 9.13. The van der Waals surface area contributed by atoms with E-state index < -0.39 is 0 Å². The molecule has 0 unspecified atom stereocenters. The van der Waals surface area contributed by atoms with Gasteiger partial charge in [-0.2, -0.15) is 0 Å². The van der Waals surface area contributed by atoms with E-state index in [9.17, 15) is 0 Å². The number of hydrogen-bond acceptors (Lipinski definition) is 4. The molecule has 0 fully saturated rings. The molecule has 1 aromatic rings. The average Bonchev–Trinajstić information content (AvgIpc) is 2.39. The molecule has 1 N–H and O–H groups in total. The predicted molar refractivity (Wildman–Crippen MR) is 82.7 cm³/mol. The van der Waals surface area contributed by atoms with Crippen LogP contribution in [0, 0.1) is 0 Å². The Kier molecular flexibility index (Phi) is 7.45. The Morgan fingerprint density at radius 3 is 2.53 bits per heavy atom. The van der Waals surface area contributed by atoms with Gasteiger partial charge >= 0.3 is 0 Å². The van der Waals surface area contributed by atoms with Crippen molar-refractivity contribution in [1.29, 1.82) is 0 Å². The van der Waals surface area contributed by atoms with Crippen molar-refractivity contribution in [3.63, 3.8) is 0 Å². The third kappa shape index (κ3) is 6.55. The standard InChI is InChI=1S/C15H28N4/c1-5-9-16-12-14-7-8-15(17-13-14)19(4)11-6-10-18(2)3/h7-8,13,16H,5-6,9-12H2,1-4H3. The zero-order valence-corrected chi connectivity index (χ0v) is 12.8. The fraction of sp³-hybridized carbons (Fsp3) is 0.667. The minimum atomic E-state index is 0.908. The third-order valence-electron chi connectivity index (χ3n) is 3.05. The van der Waals surface area contributed by atoms with Gasteiger partial charge in [-0.25, -0.2) is 4.98 Å². The molecule has 1 heterocycles. The van der Waals surface area contributed by atoms with Gasteiger partial charge in [0, 0.05) is 26.3 Å². The van der Waals surface area contributed by atoms with E-state index >= 15 is 0 Å². The average molecular weight is 264 g/mol. The summed E-state index contributed by atoms with van der Waals surface area (Å²) >= 11 is 0. The van der Waals surface area contributed by atoms with E-state index in [-0.39, 0.29) is 0 Å². The second-order valence-electron chi connectivity index (χ2n) is 5.28. The number of hydrogen-bond donors (Lipinski definition) is 1. The molecule has 0 bridgehead atoms. The number of nitrogens with one attached hydrogen (secondary N) is 1. The summed E-state index contributed by atoms with van der Waals surface area (Å²) in [5.74, 6) is 1.05. The highest BCUT2D eigenvalue weighted by molar-refractivity contribution is 5.38. The van der Waals surface area contributed by atoms with Crippen LogP contribution in [0.4, 0.5) is 5.82 Å². The summed E-state index contributed by atoms with van der Waals surface area (Å²) in [5.41, 5.74) is 1.25. The molecule has 0 atom stereocenters. The Balaban J connectivity index is 2.37. The zero-order valence-electron chi connectivity index (χ0n) is 12.8. The molecule has 1 aromatic heterocycles. The smallest absolute Gasteiger partial charge is 0.128 e. The summed E-state index contributed by atoms with van der Waals surface area (Å²) in [5, 5.41) is 3.39. The van der Waals surface area contributed by atoms with E-state index in [1.54, 1.807) is 0 Å². The van der Waals surface area contributed by atoms with Crippen LogP contribution in [-0.2, 0) is 6.54 Å². The first-order valence-corrected chi connectivity index (χ1v) is 7.15. The molecular formula is C15H28N4. The highest BCUT2D eigenvalue weighted by Gasteiger charge is 2.02. The lowest BCUT2D eigenvalue weighted by molar-refractivity contribution is 0.401. The molecule has 0 radical (unpaired) electrons. The van der Waals surface area contributed by atoms with Gasteiger partial charge in [0.05, 0.1) is 0 Å². The van der Waals surface area contributed by atoms with Crippen LogP contribution >= 0.6 is 0 Å². The number of pyridine rings is 1. The van der Waals surface area contributed by atoms with E-state index in [0.29, 0.717) is 0 Å². The Labute approximate surface area is 117 Å². The fourth-order valence-electron chi connectivity index (χ4n) is 1.90. The summed E-state index contributed by atoms with van der Waals surface area (Å²) in [6.07, 6.45) is 4.30. The van der Waals surface area contributed by atoms with Crippen molar-refractivity contribution >= 4 is 5.82 Å². The Morgan fingerprint density at radius 1 is 1.16 bits per heavy atom. The van der Waals surface area contributed by atoms with E-state index in [0.717, 1.165) is 38.4 Å². The Bertz CT molecular complexity index is 335. The van der Waals surface area contributed by atoms with Gasteiger partial charge < -0.3 is 15.1 Å². The summed E-state index contributed by atoms with van der Waals surface area (Å²) in [6.45, 7) is 6.30. The van der Waals surface area contributed by atoms with Crippen molar-refractivity contribution in [2.24, 2.45) is 0 Å². The molecule has 0 saturated heterocycles. The predicted octanol–water partition coefficient (Wildman–Crippen LogP) is 1.97. The van der Waals surface area contributed by atoms with Crippen molar-refractivity contribution in [3.05, 3.63) is 23.9 Å². The van der Waals surface area contributed by atoms with Crippen molar-refractivity contribution in [2.45, 2.75) is 26.3 Å². The summed E-state index contributed by atoms with van der Waals surface area (Å²) in [7, 11) is 6.32. The number of anilines is 1. The summed E-state index contributed by atoms with van der Waals surface area (Å²) in [4.78, 5) is 8.95. The van der Waals surface area contributed by atoms with Crippen LogP contribution in [0.1, 0.15) is 25.3 Å². The van der Waals surface area contributed by atoms with Crippen molar-refractivity contribution < 1.29 is 0 Å².